The topological polar surface area (TPSA) is 52.6 Å². The molecule has 0 heterocycles. The molecule has 20 heavy (non-hydrogen) atoms. The fraction of sp³-hybridized carbons (Fsp3) is 0.562. The van der Waals surface area contributed by atoms with Crippen molar-refractivity contribution in [2.24, 2.45) is 5.92 Å². The van der Waals surface area contributed by atoms with Gasteiger partial charge in [0, 0.05) is 6.54 Å². The Balaban J connectivity index is 2.42. The Bertz CT molecular complexity index is 396. The van der Waals surface area contributed by atoms with Gasteiger partial charge >= 0.3 is 0 Å². The van der Waals surface area contributed by atoms with Crippen LogP contribution in [0.4, 0.5) is 0 Å². The van der Waals surface area contributed by atoms with Crippen molar-refractivity contribution in [2.45, 2.75) is 32.4 Å². The predicted molar refractivity (Wildman–Crippen MR) is 81.3 cm³/mol. The van der Waals surface area contributed by atoms with E-state index in [-0.39, 0.29) is 17.9 Å². The second-order valence-electron chi connectivity index (χ2n) is 5.66. The lowest BCUT2D eigenvalue weighted by Gasteiger charge is -2.26. The highest BCUT2D eigenvalue weighted by Gasteiger charge is 2.23. The van der Waals surface area contributed by atoms with Gasteiger partial charge in [-0.25, -0.2) is 0 Å². The van der Waals surface area contributed by atoms with Gasteiger partial charge in [0.25, 0.3) is 0 Å². The van der Waals surface area contributed by atoms with Crippen molar-refractivity contribution in [3.05, 3.63) is 35.9 Å². The minimum Gasteiger partial charge on any atom is -0.388 e. The van der Waals surface area contributed by atoms with Crippen LogP contribution in [0.3, 0.4) is 0 Å². The number of nitrogens with zero attached hydrogens (tertiary/aromatic N) is 1. The van der Waals surface area contributed by atoms with Crippen molar-refractivity contribution in [3.8, 4) is 0 Å². The highest BCUT2D eigenvalue weighted by Crippen LogP contribution is 2.15. The van der Waals surface area contributed by atoms with Crippen LogP contribution in [0, 0.1) is 5.92 Å². The smallest absolute Gasteiger partial charge is 0.237 e. The Hall–Kier alpha value is -1.39. The summed E-state index contributed by atoms with van der Waals surface area (Å²) in [5.74, 6) is 0.273. The number of hydrogen-bond acceptors (Lipinski definition) is 3. The molecular weight excluding hydrogens is 252 g/mol. The maximum Gasteiger partial charge on any atom is 0.237 e. The third-order valence-electron chi connectivity index (χ3n) is 3.36. The lowest BCUT2D eigenvalue weighted by atomic mass is 10.0. The number of hydrogen-bond donors (Lipinski definition) is 2. The first-order valence-electron chi connectivity index (χ1n) is 7.10. The van der Waals surface area contributed by atoms with Gasteiger partial charge in [-0.1, -0.05) is 44.2 Å². The van der Waals surface area contributed by atoms with E-state index >= 15 is 0 Å². The fourth-order valence-corrected chi connectivity index (χ4v) is 2.41. The molecule has 4 nitrogen and oxygen atoms in total. The molecule has 0 saturated heterocycles. The van der Waals surface area contributed by atoms with Crippen molar-refractivity contribution >= 4 is 5.91 Å². The first kappa shape index (κ1) is 16.7. The van der Waals surface area contributed by atoms with Gasteiger partial charge in [-0.15, -0.1) is 0 Å². The predicted octanol–water partition coefficient (Wildman–Crippen LogP) is 1.81. The zero-order valence-corrected chi connectivity index (χ0v) is 12.8. The number of rotatable bonds is 7. The number of aliphatic hydroxyl groups excluding tert-OH is 1. The molecule has 0 saturated carbocycles. The molecule has 2 N–H and O–H groups in total. The van der Waals surface area contributed by atoms with Gasteiger partial charge in [0.15, 0.2) is 0 Å². The molecule has 1 amide bonds. The van der Waals surface area contributed by atoms with Gasteiger partial charge in [-0.05, 0) is 32.0 Å². The third kappa shape index (κ3) is 4.94. The van der Waals surface area contributed by atoms with E-state index in [1.54, 1.807) is 0 Å². The van der Waals surface area contributed by atoms with E-state index < -0.39 is 6.10 Å². The minimum atomic E-state index is -0.534. The summed E-state index contributed by atoms with van der Waals surface area (Å²) in [5, 5.41) is 12.9. The van der Waals surface area contributed by atoms with Crippen LogP contribution < -0.4 is 5.32 Å². The average molecular weight is 278 g/mol. The third-order valence-corrected chi connectivity index (χ3v) is 3.36. The molecule has 0 aliphatic heterocycles. The van der Waals surface area contributed by atoms with E-state index in [1.807, 2.05) is 63.2 Å². The van der Waals surface area contributed by atoms with Crippen molar-refractivity contribution in [1.29, 1.82) is 0 Å². The number of nitrogens with one attached hydrogen (secondary N) is 1. The van der Waals surface area contributed by atoms with Crippen molar-refractivity contribution in [1.82, 2.24) is 10.2 Å². The van der Waals surface area contributed by atoms with Gasteiger partial charge in [0.1, 0.15) is 0 Å². The summed E-state index contributed by atoms with van der Waals surface area (Å²) in [4.78, 5) is 14.0. The molecule has 0 spiro atoms. The molecule has 0 radical (unpaired) electrons. The molecule has 1 aromatic carbocycles. The number of benzene rings is 1. The van der Waals surface area contributed by atoms with Gasteiger partial charge in [0.2, 0.25) is 5.91 Å². The molecule has 0 fully saturated rings. The number of aliphatic hydroxyl groups is 1. The zero-order chi connectivity index (χ0) is 15.1. The SMILES string of the molecule is CC(C)C(C(=O)NCCC(O)c1ccccc1)N(C)C. The summed E-state index contributed by atoms with van der Waals surface area (Å²) in [7, 11) is 3.81. The molecule has 2 unspecified atom stereocenters. The number of amides is 1. The molecule has 1 rings (SSSR count). The van der Waals surface area contributed by atoms with E-state index in [9.17, 15) is 9.90 Å². The summed E-state index contributed by atoms with van der Waals surface area (Å²) in [6.45, 7) is 4.54. The van der Waals surface area contributed by atoms with E-state index in [4.69, 9.17) is 0 Å². The van der Waals surface area contributed by atoms with Crippen molar-refractivity contribution < 1.29 is 9.90 Å². The molecule has 2 atom stereocenters. The monoisotopic (exact) mass is 278 g/mol. The maximum atomic E-state index is 12.1. The quantitative estimate of drug-likeness (QED) is 0.800. The first-order valence-corrected chi connectivity index (χ1v) is 7.10. The zero-order valence-electron chi connectivity index (χ0n) is 12.8. The molecule has 0 aliphatic carbocycles. The second kappa shape index (κ2) is 8.02. The van der Waals surface area contributed by atoms with Crippen LogP contribution in [-0.2, 0) is 4.79 Å². The summed E-state index contributed by atoms with van der Waals surface area (Å²) < 4.78 is 0. The Kier molecular flexibility index (Phi) is 6.68. The van der Waals surface area contributed by atoms with Gasteiger partial charge in [-0.3, -0.25) is 9.69 Å². The average Bonchev–Trinajstić information content (AvgIpc) is 2.38. The largest absolute Gasteiger partial charge is 0.388 e. The molecule has 1 aromatic rings. The van der Waals surface area contributed by atoms with E-state index in [0.29, 0.717) is 13.0 Å². The van der Waals surface area contributed by atoms with Crippen LogP contribution in [0.25, 0.3) is 0 Å². The Morgan fingerprint density at radius 2 is 1.85 bits per heavy atom. The molecular formula is C16H26N2O2. The van der Waals surface area contributed by atoms with E-state index in [1.165, 1.54) is 0 Å². The van der Waals surface area contributed by atoms with E-state index in [0.717, 1.165) is 5.56 Å². The number of likely N-dealkylation sites (N-methyl/N-ethyl adjacent to an activating group) is 1. The summed E-state index contributed by atoms with van der Waals surface area (Å²) in [5.41, 5.74) is 0.884. The molecule has 0 aliphatic rings. The Morgan fingerprint density at radius 3 is 2.35 bits per heavy atom. The summed E-state index contributed by atoms with van der Waals surface area (Å²) >= 11 is 0. The molecule has 112 valence electrons. The molecule has 0 aromatic heterocycles. The molecule has 0 bridgehead atoms. The summed E-state index contributed by atoms with van der Waals surface area (Å²) in [6.07, 6.45) is -0.0121. The minimum absolute atomic E-state index is 0.0188. The van der Waals surface area contributed by atoms with Crippen LogP contribution in [0.2, 0.25) is 0 Å². The number of carbonyl (C=O) groups is 1. The number of carbonyl (C=O) groups excluding carboxylic acids is 1. The Labute approximate surface area is 121 Å². The fourth-order valence-electron chi connectivity index (χ4n) is 2.41. The standard InChI is InChI=1S/C16H26N2O2/c1-12(2)15(18(3)4)16(20)17-11-10-14(19)13-8-6-5-7-9-13/h5-9,12,14-15,19H,10-11H2,1-4H3,(H,17,20). The van der Waals surface area contributed by atoms with Crippen LogP contribution in [0.15, 0.2) is 30.3 Å². The Morgan fingerprint density at radius 1 is 1.25 bits per heavy atom. The van der Waals surface area contributed by atoms with Crippen LogP contribution >= 0.6 is 0 Å². The van der Waals surface area contributed by atoms with Crippen LogP contribution in [0.1, 0.15) is 31.9 Å². The summed E-state index contributed by atoms with van der Waals surface area (Å²) in [6, 6.07) is 9.37. The van der Waals surface area contributed by atoms with Gasteiger partial charge in [0.05, 0.1) is 12.1 Å². The highest BCUT2D eigenvalue weighted by atomic mass is 16.3. The van der Waals surface area contributed by atoms with Gasteiger partial charge < -0.3 is 10.4 Å². The normalized spacial score (nSPS) is 14.3. The molecule has 4 heteroatoms. The highest BCUT2D eigenvalue weighted by molar-refractivity contribution is 5.81. The lowest BCUT2D eigenvalue weighted by Crippen LogP contribution is -2.47. The van der Waals surface area contributed by atoms with Crippen LogP contribution in [-0.4, -0.2) is 42.6 Å². The van der Waals surface area contributed by atoms with Crippen LogP contribution in [0.5, 0.6) is 0 Å². The van der Waals surface area contributed by atoms with Crippen molar-refractivity contribution in [3.63, 3.8) is 0 Å². The van der Waals surface area contributed by atoms with Gasteiger partial charge in [-0.2, -0.15) is 0 Å². The first-order chi connectivity index (χ1) is 9.43. The lowest BCUT2D eigenvalue weighted by molar-refractivity contribution is -0.127. The maximum absolute atomic E-state index is 12.1. The van der Waals surface area contributed by atoms with Crippen molar-refractivity contribution in [2.75, 3.05) is 20.6 Å². The second-order valence-corrected chi connectivity index (χ2v) is 5.66. The van der Waals surface area contributed by atoms with E-state index in [2.05, 4.69) is 5.32 Å².